The van der Waals surface area contributed by atoms with E-state index in [9.17, 15) is 0 Å². The van der Waals surface area contributed by atoms with Gasteiger partial charge in [0, 0.05) is 19.2 Å². The van der Waals surface area contributed by atoms with Gasteiger partial charge < -0.3 is 4.74 Å². The maximum absolute atomic E-state index is 5.70. The van der Waals surface area contributed by atoms with Crippen molar-refractivity contribution in [2.45, 2.75) is 37.8 Å². The predicted molar refractivity (Wildman–Crippen MR) is 43.1 cm³/mol. The van der Waals surface area contributed by atoms with E-state index in [2.05, 4.69) is 10.9 Å². The number of fused-ring (bicyclic) bond motifs is 1. The second kappa shape index (κ2) is 3.52. The Morgan fingerprint density at radius 3 is 3.18 bits per heavy atom. The minimum atomic E-state index is 0.475. The Morgan fingerprint density at radius 2 is 2.18 bits per heavy atom. The number of rotatable bonds is 0. The lowest BCUT2D eigenvalue weighted by molar-refractivity contribution is 0.0246. The average molecular weight is 156 g/mol. The van der Waals surface area contributed by atoms with Gasteiger partial charge in [0.2, 0.25) is 0 Å². The van der Waals surface area contributed by atoms with Gasteiger partial charge in [-0.15, -0.1) is 0 Å². The Hall–Kier alpha value is -0.120. The van der Waals surface area contributed by atoms with Gasteiger partial charge in [0.15, 0.2) is 0 Å². The largest absolute Gasteiger partial charge is 0.376 e. The predicted octanol–water partition coefficient (Wildman–Crippen LogP) is 0.422. The zero-order chi connectivity index (χ0) is 7.52. The van der Waals surface area contributed by atoms with E-state index >= 15 is 0 Å². The van der Waals surface area contributed by atoms with Crippen LogP contribution in [-0.2, 0) is 4.74 Å². The average Bonchev–Trinajstić information content (AvgIpc) is 2.35. The van der Waals surface area contributed by atoms with Crippen LogP contribution in [0.25, 0.3) is 0 Å². The summed E-state index contributed by atoms with van der Waals surface area (Å²) >= 11 is 0. The summed E-state index contributed by atoms with van der Waals surface area (Å²) in [6.07, 6.45) is 5.40. The van der Waals surface area contributed by atoms with Crippen molar-refractivity contribution in [2.75, 3.05) is 13.2 Å². The van der Waals surface area contributed by atoms with Gasteiger partial charge in [0.25, 0.3) is 0 Å². The number of hydrogen-bond donors (Lipinski definition) is 2. The van der Waals surface area contributed by atoms with Gasteiger partial charge in [0.1, 0.15) is 0 Å². The van der Waals surface area contributed by atoms with Gasteiger partial charge in [-0.05, 0) is 25.7 Å². The van der Waals surface area contributed by atoms with Gasteiger partial charge in [0.05, 0.1) is 6.10 Å². The molecule has 64 valence electrons. The molecule has 11 heavy (non-hydrogen) atoms. The van der Waals surface area contributed by atoms with E-state index in [1.54, 1.807) is 0 Å². The molecule has 1 aliphatic heterocycles. The Bertz CT molecular complexity index is 115. The van der Waals surface area contributed by atoms with E-state index in [1.165, 1.54) is 19.3 Å². The number of ether oxygens (including phenoxy) is 1. The fourth-order valence-corrected chi connectivity index (χ4v) is 1.89. The van der Waals surface area contributed by atoms with Crippen molar-refractivity contribution in [1.29, 1.82) is 0 Å². The summed E-state index contributed by atoms with van der Waals surface area (Å²) < 4.78 is 5.70. The summed E-state index contributed by atoms with van der Waals surface area (Å²) in [6.45, 7) is 1.96. The van der Waals surface area contributed by atoms with Gasteiger partial charge >= 0.3 is 0 Å². The molecule has 2 N–H and O–H groups in total. The van der Waals surface area contributed by atoms with Crippen LogP contribution >= 0.6 is 0 Å². The fourth-order valence-electron chi connectivity index (χ4n) is 1.89. The molecule has 2 fully saturated rings. The molecule has 1 saturated carbocycles. The van der Waals surface area contributed by atoms with Crippen LogP contribution < -0.4 is 10.9 Å². The molecule has 0 aromatic rings. The molecular formula is C8H16N2O. The van der Waals surface area contributed by atoms with Crippen molar-refractivity contribution >= 4 is 0 Å². The maximum Gasteiger partial charge on any atom is 0.0741 e. The SMILES string of the molecule is C1CNNC2CCC[C@@H]2OC1. The van der Waals surface area contributed by atoms with Crippen LogP contribution in [0, 0.1) is 0 Å². The van der Waals surface area contributed by atoms with E-state index < -0.39 is 0 Å². The summed E-state index contributed by atoms with van der Waals surface area (Å²) in [5.74, 6) is 0. The molecule has 2 rings (SSSR count). The van der Waals surface area contributed by atoms with Gasteiger partial charge in [-0.3, -0.25) is 10.9 Å². The molecule has 1 unspecified atom stereocenters. The third-order valence-corrected chi connectivity index (χ3v) is 2.52. The van der Waals surface area contributed by atoms with Gasteiger partial charge in [-0.2, -0.15) is 0 Å². The summed E-state index contributed by atoms with van der Waals surface area (Å²) in [5, 5.41) is 0. The van der Waals surface area contributed by atoms with Gasteiger partial charge in [-0.1, -0.05) is 0 Å². The van der Waals surface area contributed by atoms with Crippen LogP contribution in [-0.4, -0.2) is 25.3 Å². The zero-order valence-electron chi connectivity index (χ0n) is 6.81. The van der Waals surface area contributed by atoms with E-state index in [-0.39, 0.29) is 0 Å². The molecule has 1 saturated heterocycles. The van der Waals surface area contributed by atoms with E-state index in [4.69, 9.17) is 4.74 Å². The molecule has 0 bridgehead atoms. The Kier molecular flexibility index (Phi) is 2.41. The molecule has 3 nitrogen and oxygen atoms in total. The standard InChI is InChI=1S/C8H16N2O/c1-3-7-8(4-1)11-6-2-5-9-10-7/h7-10H,1-6H2/t7?,8-/m0/s1. The summed E-state index contributed by atoms with van der Waals surface area (Å²) in [7, 11) is 0. The van der Waals surface area contributed by atoms with Crippen LogP contribution in [0.1, 0.15) is 25.7 Å². The molecule has 2 atom stereocenters. The fraction of sp³-hybridized carbons (Fsp3) is 1.00. The third-order valence-electron chi connectivity index (χ3n) is 2.52. The van der Waals surface area contributed by atoms with Crippen LogP contribution in [0.15, 0.2) is 0 Å². The van der Waals surface area contributed by atoms with Crippen molar-refractivity contribution in [2.24, 2.45) is 0 Å². The highest BCUT2D eigenvalue weighted by Crippen LogP contribution is 2.22. The van der Waals surface area contributed by atoms with Crippen LogP contribution in [0.5, 0.6) is 0 Å². The molecule has 0 aromatic heterocycles. The Morgan fingerprint density at radius 1 is 1.18 bits per heavy atom. The molecule has 1 heterocycles. The Labute approximate surface area is 67.5 Å². The van der Waals surface area contributed by atoms with Gasteiger partial charge in [-0.25, -0.2) is 0 Å². The molecule has 0 aromatic carbocycles. The minimum absolute atomic E-state index is 0.475. The number of hydrogen-bond acceptors (Lipinski definition) is 3. The first kappa shape index (κ1) is 7.53. The van der Waals surface area contributed by atoms with Crippen molar-refractivity contribution in [3.8, 4) is 0 Å². The molecule has 3 heteroatoms. The minimum Gasteiger partial charge on any atom is -0.376 e. The van der Waals surface area contributed by atoms with Crippen LogP contribution in [0.3, 0.4) is 0 Å². The smallest absolute Gasteiger partial charge is 0.0741 e. The van der Waals surface area contributed by atoms with Crippen LogP contribution in [0.2, 0.25) is 0 Å². The molecule has 2 aliphatic rings. The lowest BCUT2D eigenvalue weighted by Crippen LogP contribution is -2.48. The van der Waals surface area contributed by atoms with E-state index in [1.807, 2.05) is 0 Å². The summed E-state index contributed by atoms with van der Waals surface area (Å²) in [5.41, 5.74) is 6.54. The lowest BCUT2D eigenvalue weighted by atomic mass is 10.2. The molecule has 1 aliphatic carbocycles. The van der Waals surface area contributed by atoms with Crippen LogP contribution in [0.4, 0.5) is 0 Å². The number of nitrogens with one attached hydrogen (secondary N) is 2. The first-order valence-corrected chi connectivity index (χ1v) is 4.57. The van der Waals surface area contributed by atoms with Crippen molar-refractivity contribution in [3.63, 3.8) is 0 Å². The molecule has 0 spiro atoms. The highest BCUT2D eigenvalue weighted by atomic mass is 16.5. The monoisotopic (exact) mass is 156 g/mol. The maximum atomic E-state index is 5.70. The first-order valence-electron chi connectivity index (χ1n) is 4.57. The molecule has 0 radical (unpaired) electrons. The van der Waals surface area contributed by atoms with Crippen molar-refractivity contribution < 1.29 is 4.74 Å². The normalized spacial score (nSPS) is 39.3. The second-order valence-corrected chi connectivity index (χ2v) is 3.37. The topological polar surface area (TPSA) is 33.3 Å². The quantitative estimate of drug-likeness (QED) is 0.533. The molecule has 0 amide bonds. The highest BCUT2D eigenvalue weighted by Gasteiger charge is 2.28. The molecular weight excluding hydrogens is 140 g/mol. The number of hydrazine groups is 1. The van der Waals surface area contributed by atoms with E-state index in [0.29, 0.717) is 12.1 Å². The first-order chi connectivity index (χ1) is 5.47. The Balaban J connectivity index is 1.89. The lowest BCUT2D eigenvalue weighted by Gasteiger charge is -2.24. The third kappa shape index (κ3) is 1.72. The van der Waals surface area contributed by atoms with E-state index in [0.717, 1.165) is 19.6 Å². The van der Waals surface area contributed by atoms with Crippen molar-refractivity contribution in [3.05, 3.63) is 0 Å². The van der Waals surface area contributed by atoms with Crippen molar-refractivity contribution in [1.82, 2.24) is 10.9 Å². The zero-order valence-corrected chi connectivity index (χ0v) is 6.81. The summed E-state index contributed by atoms with van der Waals surface area (Å²) in [4.78, 5) is 0. The second-order valence-electron chi connectivity index (χ2n) is 3.37. The highest BCUT2D eigenvalue weighted by molar-refractivity contribution is 4.83. The summed E-state index contributed by atoms with van der Waals surface area (Å²) in [6, 6.07) is 0.565.